The van der Waals surface area contributed by atoms with Gasteiger partial charge in [0.25, 0.3) is 0 Å². The summed E-state index contributed by atoms with van der Waals surface area (Å²) in [6, 6.07) is 16.4. The fraction of sp³-hybridized carbons (Fsp3) is 0.250. The van der Waals surface area contributed by atoms with E-state index < -0.39 is 0 Å². The molecule has 0 aromatic heterocycles. The number of hydrogen-bond donors (Lipinski definition) is 1. The van der Waals surface area contributed by atoms with Crippen LogP contribution in [0.15, 0.2) is 48.5 Å². The molecular weight excluding hydrogens is 277 g/mol. The molecule has 1 unspecified atom stereocenters. The average molecular weight is 294 g/mol. The van der Waals surface area contributed by atoms with Crippen molar-refractivity contribution in [1.29, 1.82) is 0 Å². The highest BCUT2D eigenvalue weighted by Crippen LogP contribution is 2.25. The largest absolute Gasteiger partial charge is 0.310 e. The highest BCUT2D eigenvalue weighted by atomic mass is 35.5. The van der Waals surface area contributed by atoms with Crippen molar-refractivity contribution in [2.45, 2.75) is 19.4 Å². The summed E-state index contributed by atoms with van der Waals surface area (Å²) in [5.41, 5.74) is 2.42. The van der Waals surface area contributed by atoms with E-state index in [0.29, 0.717) is 10.0 Å². The topological polar surface area (TPSA) is 12.0 Å². The van der Waals surface area contributed by atoms with Crippen LogP contribution in [0.2, 0.25) is 10.0 Å². The lowest BCUT2D eigenvalue weighted by atomic mass is 9.99. The van der Waals surface area contributed by atoms with Crippen LogP contribution in [-0.4, -0.2) is 6.54 Å². The number of benzene rings is 2. The molecule has 2 aromatic rings. The van der Waals surface area contributed by atoms with Gasteiger partial charge in [0.1, 0.15) is 0 Å². The molecule has 0 saturated carbocycles. The van der Waals surface area contributed by atoms with Crippen LogP contribution >= 0.6 is 23.2 Å². The van der Waals surface area contributed by atoms with Crippen LogP contribution in [0.3, 0.4) is 0 Å². The summed E-state index contributed by atoms with van der Waals surface area (Å²) >= 11 is 12.2. The van der Waals surface area contributed by atoms with E-state index in [9.17, 15) is 0 Å². The zero-order chi connectivity index (χ0) is 13.7. The summed E-state index contributed by atoms with van der Waals surface area (Å²) in [6.07, 6.45) is 0.922. The molecule has 0 saturated heterocycles. The molecule has 0 aliphatic heterocycles. The van der Waals surface area contributed by atoms with E-state index in [1.54, 1.807) is 6.07 Å². The number of hydrogen-bond acceptors (Lipinski definition) is 1. The van der Waals surface area contributed by atoms with E-state index in [2.05, 4.69) is 36.5 Å². The van der Waals surface area contributed by atoms with Gasteiger partial charge in [-0.15, -0.1) is 0 Å². The minimum atomic E-state index is 0.226. The monoisotopic (exact) mass is 293 g/mol. The maximum absolute atomic E-state index is 6.09. The lowest BCUT2D eigenvalue weighted by Gasteiger charge is -2.19. The molecule has 0 spiro atoms. The Morgan fingerprint density at radius 2 is 1.63 bits per heavy atom. The molecule has 1 nitrogen and oxygen atoms in total. The second-order valence-electron chi connectivity index (χ2n) is 4.50. The fourth-order valence-corrected chi connectivity index (χ4v) is 2.72. The van der Waals surface area contributed by atoms with E-state index in [1.165, 1.54) is 5.56 Å². The highest BCUT2D eigenvalue weighted by Gasteiger charge is 2.12. The predicted molar refractivity (Wildman–Crippen MR) is 83.0 cm³/mol. The first-order valence-electron chi connectivity index (χ1n) is 6.42. The molecule has 19 heavy (non-hydrogen) atoms. The number of likely N-dealkylation sites (N-methyl/N-ethyl adjacent to an activating group) is 1. The van der Waals surface area contributed by atoms with E-state index in [1.807, 2.05) is 18.2 Å². The van der Waals surface area contributed by atoms with Crippen LogP contribution < -0.4 is 5.32 Å². The van der Waals surface area contributed by atoms with Gasteiger partial charge in [-0.2, -0.15) is 0 Å². The molecule has 0 aliphatic carbocycles. The van der Waals surface area contributed by atoms with Crippen molar-refractivity contribution < 1.29 is 0 Å². The molecule has 0 bridgehead atoms. The third-order valence-corrected chi connectivity index (χ3v) is 3.46. The number of halogens is 2. The molecule has 3 heteroatoms. The Labute approximate surface area is 124 Å². The van der Waals surface area contributed by atoms with Crippen molar-refractivity contribution in [3.63, 3.8) is 0 Å². The zero-order valence-corrected chi connectivity index (χ0v) is 12.4. The van der Waals surface area contributed by atoms with Gasteiger partial charge in [-0.05, 0) is 42.3 Å². The van der Waals surface area contributed by atoms with E-state index in [4.69, 9.17) is 23.2 Å². The zero-order valence-electron chi connectivity index (χ0n) is 10.9. The van der Waals surface area contributed by atoms with Gasteiger partial charge in [-0.1, -0.05) is 60.5 Å². The lowest BCUT2D eigenvalue weighted by Crippen LogP contribution is -2.23. The molecule has 1 atom stereocenters. The first-order valence-corrected chi connectivity index (χ1v) is 7.18. The van der Waals surface area contributed by atoms with Gasteiger partial charge in [-0.3, -0.25) is 0 Å². The third-order valence-electron chi connectivity index (χ3n) is 3.02. The number of nitrogens with one attached hydrogen (secondary N) is 1. The van der Waals surface area contributed by atoms with E-state index in [-0.39, 0.29) is 6.04 Å². The molecular formula is C16H17Cl2N. The van der Waals surface area contributed by atoms with E-state index >= 15 is 0 Å². The van der Waals surface area contributed by atoms with Crippen molar-refractivity contribution in [2.75, 3.05) is 6.54 Å². The van der Waals surface area contributed by atoms with Crippen LogP contribution in [0.25, 0.3) is 0 Å². The molecule has 1 N–H and O–H groups in total. The summed E-state index contributed by atoms with van der Waals surface area (Å²) in [5, 5.41) is 4.84. The summed E-state index contributed by atoms with van der Waals surface area (Å²) in [4.78, 5) is 0. The molecule has 0 fully saturated rings. The maximum atomic E-state index is 6.09. The molecule has 100 valence electrons. The van der Waals surface area contributed by atoms with Gasteiger partial charge in [0.2, 0.25) is 0 Å². The second kappa shape index (κ2) is 6.95. The highest BCUT2D eigenvalue weighted by molar-refractivity contribution is 6.34. The molecule has 0 amide bonds. The number of rotatable bonds is 5. The minimum absolute atomic E-state index is 0.226. The SMILES string of the molecule is CCNC(Cc1ccccc1)c1cc(Cl)cc(Cl)c1. The normalized spacial score (nSPS) is 12.4. The van der Waals surface area contributed by atoms with Crippen molar-refractivity contribution in [2.24, 2.45) is 0 Å². The Morgan fingerprint density at radius 1 is 1.00 bits per heavy atom. The predicted octanol–water partition coefficient (Wildman–Crippen LogP) is 4.89. The van der Waals surface area contributed by atoms with Crippen molar-refractivity contribution >= 4 is 23.2 Å². The Hall–Kier alpha value is -1.02. The van der Waals surface area contributed by atoms with Gasteiger partial charge in [0.15, 0.2) is 0 Å². The Morgan fingerprint density at radius 3 is 2.21 bits per heavy atom. The van der Waals surface area contributed by atoms with Crippen molar-refractivity contribution in [1.82, 2.24) is 5.32 Å². The third kappa shape index (κ3) is 4.24. The van der Waals surface area contributed by atoms with Crippen LogP contribution in [0.4, 0.5) is 0 Å². The summed E-state index contributed by atoms with van der Waals surface area (Å²) in [5.74, 6) is 0. The molecule has 2 aromatic carbocycles. The first kappa shape index (κ1) is 14.4. The van der Waals surface area contributed by atoms with Crippen molar-refractivity contribution in [3.05, 3.63) is 69.7 Å². The first-order chi connectivity index (χ1) is 9.19. The second-order valence-corrected chi connectivity index (χ2v) is 5.38. The van der Waals surface area contributed by atoms with Crippen LogP contribution in [0.1, 0.15) is 24.1 Å². The molecule has 0 aliphatic rings. The summed E-state index contributed by atoms with van der Waals surface area (Å²) < 4.78 is 0. The molecule has 0 radical (unpaired) electrons. The standard InChI is InChI=1S/C16H17Cl2N/c1-2-19-16(8-12-6-4-3-5-7-12)13-9-14(17)11-15(18)10-13/h3-7,9-11,16,19H,2,8H2,1H3. The lowest BCUT2D eigenvalue weighted by molar-refractivity contribution is 0.550. The van der Waals surface area contributed by atoms with Crippen LogP contribution in [0, 0.1) is 0 Å². The van der Waals surface area contributed by atoms with E-state index in [0.717, 1.165) is 18.5 Å². The smallest absolute Gasteiger partial charge is 0.0424 e. The summed E-state index contributed by atoms with van der Waals surface area (Å²) in [7, 11) is 0. The van der Waals surface area contributed by atoms with Gasteiger partial charge < -0.3 is 5.32 Å². The van der Waals surface area contributed by atoms with Gasteiger partial charge in [0, 0.05) is 16.1 Å². The Kier molecular flexibility index (Phi) is 5.26. The maximum Gasteiger partial charge on any atom is 0.0424 e. The fourth-order valence-electron chi connectivity index (χ4n) is 2.18. The van der Waals surface area contributed by atoms with Gasteiger partial charge in [0.05, 0.1) is 0 Å². The average Bonchev–Trinajstić information content (AvgIpc) is 2.38. The van der Waals surface area contributed by atoms with Gasteiger partial charge >= 0.3 is 0 Å². The van der Waals surface area contributed by atoms with Crippen LogP contribution in [0.5, 0.6) is 0 Å². The minimum Gasteiger partial charge on any atom is -0.310 e. The Balaban J connectivity index is 2.24. The summed E-state index contributed by atoms with van der Waals surface area (Å²) in [6.45, 7) is 3.01. The van der Waals surface area contributed by atoms with Crippen LogP contribution in [-0.2, 0) is 6.42 Å². The Bertz CT molecular complexity index is 505. The van der Waals surface area contributed by atoms with Gasteiger partial charge in [-0.25, -0.2) is 0 Å². The molecule has 2 rings (SSSR count). The van der Waals surface area contributed by atoms with Crippen molar-refractivity contribution in [3.8, 4) is 0 Å². The quantitative estimate of drug-likeness (QED) is 0.828. The molecule has 0 heterocycles.